The largest absolute Gasteiger partial charge is 0.485 e. The SMILES string of the molecule is CC1(C)Cc2cccc(OCc3ccc(C(=O)NC4CCCCCC4)cc3)c2O1. The van der Waals surface area contributed by atoms with Gasteiger partial charge in [-0.15, -0.1) is 0 Å². The third kappa shape index (κ3) is 4.92. The van der Waals surface area contributed by atoms with Gasteiger partial charge in [-0.3, -0.25) is 4.79 Å². The van der Waals surface area contributed by atoms with Gasteiger partial charge in [0.2, 0.25) is 0 Å². The minimum absolute atomic E-state index is 0.0286. The summed E-state index contributed by atoms with van der Waals surface area (Å²) in [5, 5.41) is 3.20. The first-order valence-electron chi connectivity index (χ1n) is 10.8. The summed E-state index contributed by atoms with van der Waals surface area (Å²) in [6.07, 6.45) is 8.08. The molecule has 0 saturated heterocycles. The van der Waals surface area contributed by atoms with E-state index in [1.54, 1.807) is 0 Å². The summed E-state index contributed by atoms with van der Waals surface area (Å²) in [5.41, 5.74) is 2.75. The Morgan fingerprint density at radius 2 is 1.79 bits per heavy atom. The molecule has 4 rings (SSSR count). The number of fused-ring (bicyclic) bond motifs is 1. The predicted molar refractivity (Wildman–Crippen MR) is 115 cm³/mol. The second-order valence-electron chi connectivity index (χ2n) is 8.93. The Morgan fingerprint density at radius 3 is 2.52 bits per heavy atom. The molecule has 2 aromatic rings. The van der Waals surface area contributed by atoms with Crippen LogP contribution in [0.5, 0.6) is 11.5 Å². The van der Waals surface area contributed by atoms with Gasteiger partial charge in [0.1, 0.15) is 12.2 Å². The molecule has 0 spiro atoms. The molecule has 154 valence electrons. The van der Waals surface area contributed by atoms with E-state index < -0.39 is 0 Å². The number of ether oxygens (including phenoxy) is 2. The summed E-state index contributed by atoms with van der Waals surface area (Å²) in [6.45, 7) is 4.63. The summed E-state index contributed by atoms with van der Waals surface area (Å²) in [5.74, 6) is 1.67. The number of rotatable bonds is 5. The third-order valence-electron chi connectivity index (χ3n) is 5.86. The van der Waals surface area contributed by atoms with Crippen molar-refractivity contribution in [1.29, 1.82) is 0 Å². The summed E-state index contributed by atoms with van der Waals surface area (Å²) in [6, 6.07) is 14.1. The van der Waals surface area contributed by atoms with E-state index in [0.717, 1.165) is 36.3 Å². The van der Waals surface area contributed by atoms with E-state index in [0.29, 0.717) is 18.2 Å². The molecule has 1 heterocycles. The van der Waals surface area contributed by atoms with E-state index in [-0.39, 0.29) is 11.5 Å². The Morgan fingerprint density at radius 1 is 1.07 bits per heavy atom. The molecule has 0 radical (unpaired) electrons. The van der Waals surface area contributed by atoms with E-state index in [4.69, 9.17) is 9.47 Å². The normalized spacial score (nSPS) is 18.4. The van der Waals surface area contributed by atoms with Gasteiger partial charge in [-0.2, -0.15) is 0 Å². The second kappa shape index (κ2) is 8.48. The van der Waals surface area contributed by atoms with Crippen molar-refractivity contribution >= 4 is 5.91 Å². The van der Waals surface area contributed by atoms with Gasteiger partial charge in [-0.25, -0.2) is 0 Å². The Balaban J connectivity index is 1.35. The molecule has 0 bridgehead atoms. The topological polar surface area (TPSA) is 47.6 Å². The van der Waals surface area contributed by atoms with Crippen LogP contribution in [0.3, 0.4) is 0 Å². The maximum Gasteiger partial charge on any atom is 0.251 e. The zero-order chi connectivity index (χ0) is 20.3. The number of hydrogen-bond acceptors (Lipinski definition) is 3. The molecule has 0 unspecified atom stereocenters. The molecule has 2 aromatic carbocycles. The fourth-order valence-electron chi connectivity index (χ4n) is 4.31. The van der Waals surface area contributed by atoms with Crippen molar-refractivity contribution in [2.24, 2.45) is 0 Å². The van der Waals surface area contributed by atoms with Crippen molar-refractivity contribution in [1.82, 2.24) is 5.32 Å². The molecule has 1 amide bonds. The molecule has 4 nitrogen and oxygen atoms in total. The minimum atomic E-state index is -0.186. The molecule has 1 aliphatic carbocycles. The summed E-state index contributed by atoms with van der Waals surface area (Å²) < 4.78 is 12.1. The molecule has 1 aliphatic heterocycles. The van der Waals surface area contributed by atoms with Crippen LogP contribution in [0.4, 0.5) is 0 Å². The average Bonchev–Trinajstić information content (AvgIpc) is 2.85. The third-order valence-corrected chi connectivity index (χ3v) is 5.86. The molecular formula is C25H31NO3. The highest BCUT2D eigenvalue weighted by Gasteiger charge is 2.32. The Kier molecular flexibility index (Phi) is 5.79. The van der Waals surface area contributed by atoms with Crippen LogP contribution in [-0.2, 0) is 13.0 Å². The minimum Gasteiger partial charge on any atom is -0.485 e. The lowest BCUT2D eigenvalue weighted by atomic mass is 10.0. The second-order valence-corrected chi connectivity index (χ2v) is 8.93. The molecule has 4 heteroatoms. The first-order valence-corrected chi connectivity index (χ1v) is 10.8. The number of benzene rings is 2. The summed E-state index contributed by atoms with van der Waals surface area (Å²) in [4.78, 5) is 12.5. The van der Waals surface area contributed by atoms with E-state index in [9.17, 15) is 4.79 Å². The smallest absolute Gasteiger partial charge is 0.251 e. The summed E-state index contributed by atoms with van der Waals surface area (Å²) in [7, 11) is 0. The van der Waals surface area contributed by atoms with Gasteiger partial charge in [-0.1, -0.05) is 49.9 Å². The van der Waals surface area contributed by atoms with Crippen LogP contribution < -0.4 is 14.8 Å². The lowest BCUT2D eigenvalue weighted by Crippen LogP contribution is -2.34. The van der Waals surface area contributed by atoms with Gasteiger partial charge < -0.3 is 14.8 Å². The number of carbonyl (C=O) groups excluding carboxylic acids is 1. The number of amides is 1. The monoisotopic (exact) mass is 393 g/mol. The Bertz CT molecular complexity index is 849. The van der Waals surface area contributed by atoms with Gasteiger partial charge in [0.05, 0.1) is 0 Å². The van der Waals surface area contributed by atoms with E-state index in [1.807, 2.05) is 36.4 Å². The van der Waals surface area contributed by atoms with Gasteiger partial charge in [0.15, 0.2) is 11.5 Å². The van der Waals surface area contributed by atoms with Gasteiger partial charge in [0.25, 0.3) is 5.91 Å². The first kappa shape index (κ1) is 19.8. The van der Waals surface area contributed by atoms with Crippen LogP contribution in [-0.4, -0.2) is 17.6 Å². The average molecular weight is 394 g/mol. The fraction of sp³-hybridized carbons (Fsp3) is 0.480. The highest BCUT2D eigenvalue weighted by molar-refractivity contribution is 5.94. The molecule has 1 fully saturated rings. The fourth-order valence-corrected chi connectivity index (χ4v) is 4.31. The van der Waals surface area contributed by atoms with Crippen LogP contribution in [0.2, 0.25) is 0 Å². The quantitative estimate of drug-likeness (QED) is 0.689. The first-order chi connectivity index (χ1) is 14.0. The van der Waals surface area contributed by atoms with E-state index >= 15 is 0 Å². The summed E-state index contributed by atoms with van der Waals surface area (Å²) >= 11 is 0. The number of carbonyl (C=O) groups is 1. The molecular weight excluding hydrogens is 362 g/mol. The van der Waals surface area contributed by atoms with Crippen molar-refractivity contribution < 1.29 is 14.3 Å². The zero-order valence-corrected chi connectivity index (χ0v) is 17.5. The molecule has 1 N–H and O–H groups in total. The lowest BCUT2D eigenvalue weighted by molar-refractivity contribution is 0.0933. The van der Waals surface area contributed by atoms with Crippen LogP contribution in [0.15, 0.2) is 42.5 Å². The van der Waals surface area contributed by atoms with Crippen molar-refractivity contribution in [3.63, 3.8) is 0 Å². The molecule has 1 saturated carbocycles. The van der Waals surface area contributed by atoms with Crippen LogP contribution >= 0.6 is 0 Å². The highest BCUT2D eigenvalue weighted by atomic mass is 16.5. The maximum atomic E-state index is 12.5. The molecule has 0 aromatic heterocycles. The van der Waals surface area contributed by atoms with Crippen LogP contribution in [0.25, 0.3) is 0 Å². The standard InChI is InChI=1S/C25H31NO3/c1-25(2)16-20-8-7-11-22(23(20)29-25)28-17-18-12-14-19(15-13-18)24(27)26-21-9-5-3-4-6-10-21/h7-8,11-15,21H,3-6,9-10,16-17H2,1-2H3,(H,26,27). The van der Waals surface area contributed by atoms with Gasteiger partial charge >= 0.3 is 0 Å². The molecule has 2 aliphatic rings. The van der Waals surface area contributed by atoms with Gasteiger partial charge in [0, 0.05) is 23.6 Å². The van der Waals surface area contributed by atoms with Crippen molar-refractivity contribution in [2.75, 3.05) is 0 Å². The number of para-hydroxylation sites is 1. The van der Waals surface area contributed by atoms with Crippen LogP contribution in [0.1, 0.15) is 73.9 Å². The number of nitrogens with one attached hydrogen (secondary N) is 1. The Labute approximate surface area is 173 Å². The van der Waals surface area contributed by atoms with Gasteiger partial charge in [-0.05, 0) is 50.5 Å². The number of hydrogen-bond donors (Lipinski definition) is 1. The predicted octanol–water partition coefficient (Wildman–Crippen LogP) is 5.43. The van der Waals surface area contributed by atoms with E-state index in [2.05, 4.69) is 25.2 Å². The van der Waals surface area contributed by atoms with Crippen molar-refractivity contribution in [3.8, 4) is 11.5 Å². The van der Waals surface area contributed by atoms with Crippen molar-refractivity contribution in [3.05, 3.63) is 59.2 Å². The maximum absolute atomic E-state index is 12.5. The van der Waals surface area contributed by atoms with Crippen molar-refractivity contribution in [2.45, 2.75) is 77.0 Å². The van der Waals surface area contributed by atoms with E-state index in [1.165, 1.54) is 31.2 Å². The molecule has 0 atom stereocenters. The Hall–Kier alpha value is -2.49. The zero-order valence-electron chi connectivity index (χ0n) is 17.5. The van der Waals surface area contributed by atoms with Crippen LogP contribution in [0, 0.1) is 0 Å². The lowest BCUT2D eigenvalue weighted by Gasteiger charge is -2.18. The highest BCUT2D eigenvalue weighted by Crippen LogP contribution is 2.41. The molecule has 29 heavy (non-hydrogen) atoms.